The standard InChI is InChI=1S/C20H19F2N3O2S3/c1-11-6-7-14-12(8-11)9-16(29-14)18-24-25-20(27-18)28-10-17(26)23-13-4-2-3-5-15(13)30-19(21)22/h2-5,9,11,19H,6-8,10H2,1H3,(H,23,26). The zero-order chi connectivity index (χ0) is 21.1. The number of fused-ring (bicyclic) bond motifs is 1. The molecule has 0 radical (unpaired) electrons. The molecule has 0 saturated heterocycles. The van der Waals surface area contributed by atoms with Crippen LogP contribution in [0.5, 0.6) is 0 Å². The molecule has 1 aromatic carbocycles. The van der Waals surface area contributed by atoms with Gasteiger partial charge in [0.15, 0.2) is 0 Å². The Labute approximate surface area is 185 Å². The van der Waals surface area contributed by atoms with Crippen LogP contribution in [-0.2, 0) is 17.6 Å². The van der Waals surface area contributed by atoms with Crippen LogP contribution in [-0.4, -0.2) is 27.6 Å². The lowest BCUT2D eigenvalue weighted by atomic mass is 9.90. The van der Waals surface area contributed by atoms with Gasteiger partial charge in [0, 0.05) is 9.77 Å². The van der Waals surface area contributed by atoms with Gasteiger partial charge < -0.3 is 9.73 Å². The fourth-order valence-electron chi connectivity index (χ4n) is 3.26. The van der Waals surface area contributed by atoms with Crippen molar-refractivity contribution in [3.05, 3.63) is 40.8 Å². The number of anilines is 1. The summed E-state index contributed by atoms with van der Waals surface area (Å²) >= 11 is 3.20. The van der Waals surface area contributed by atoms with Crippen LogP contribution in [0.2, 0.25) is 0 Å². The molecular formula is C20H19F2N3O2S3. The molecule has 2 aromatic heterocycles. The minimum absolute atomic E-state index is 0.0355. The lowest BCUT2D eigenvalue weighted by molar-refractivity contribution is -0.113. The molecule has 1 aliphatic rings. The number of nitrogens with zero attached hydrogens (tertiary/aromatic N) is 2. The van der Waals surface area contributed by atoms with Gasteiger partial charge in [-0.05, 0) is 48.9 Å². The lowest BCUT2D eigenvalue weighted by Crippen LogP contribution is -2.14. The van der Waals surface area contributed by atoms with Gasteiger partial charge in [0.1, 0.15) is 0 Å². The van der Waals surface area contributed by atoms with Crippen LogP contribution in [0.25, 0.3) is 10.8 Å². The van der Waals surface area contributed by atoms with E-state index in [1.54, 1.807) is 35.6 Å². The number of amides is 1. The Morgan fingerprint density at radius 2 is 2.20 bits per heavy atom. The number of hydrogen-bond donors (Lipinski definition) is 1. The summed E-state index contributed by atoms with van der Waals surface area (Å²) in [6.45, 7) is 2.26. The van der Waals surface area contributed by atoms with E-state index in [1.807, 2.05) is 0 Å². The van der Waals surface area contributed by atoms with Crippen LogP contribution in [0.15, 0.2) is 44.9 Å². The van der Waals surface area contributed by atoms with E-state index in [0.717, 1.165) is 29.5 Å². The van der Waals surface area contributed by atoms with Crippen LogP contribution < -0.4 is 5.32 Å². The number of para-hydroxylation sites is 1. The molecule has 0 spiro atoms. The summed E-state index contributed by atoms with van der Waals surface area (Å²) in [6.07, 6.45) is 3.36. The first-order valence-corrected chi connectivity index (χ1v) is 12.1. The highest BCUT2D eigenvalue weighted by molar-refractivity contribution is 8.00. The zero-order valence-corrected chi connectivity index (χ0v) is 18.5. The molecule has 3 aromatic rings. The van der Waals surface area contributed by atoms with Gasteiger partial charge >= 0.3 is 0 Å². The summed E-state index contributed by atoms with van der Waals surface area (Å²) in [5.41, 5.74) is 1.72. The van der Waals surface area contributed by atoms with E-state index in [9.17, 15) is 13.6 Å². The molecule has 1 unspecified atom stereocenters. The summed E-state index contributed by atoms with van der Waals surface area (Å²) < 4.78 is 31.0. The molecule has 158 valence electrons. The molecule has 0 fully saturated rings. The summed E-state index contributed by atoms with van der Waals surface area (Å²) in [7, 11) is 0. The molecule has 30 heavy (non-hydrogen) atoms. The first kappa shape index (κ1) is 21.3. The maximum atomic E-state index is 12.7. The number of thioether (sulfide) groups is 2. The van der Waals surface area contributed by atoms with Crippen molar-refractivity contribution in [1.82, 2.24) is 10.2 Å². The molecule has 0 bridgehead atoms. The molecule has 0 saturated carbocycles. The molecule has 2 heterocycles. The second-order valence-electron chi connectivity index (χ2n) is 6.99. The number of nitrogens with one attached hydrogen (secondary N) is 1. The van der Waals surface area contributed by atoms with Gasteiger partial charge in [0.25, 0.3) is 16.9 Å². The van der Waals surface area contributed by atoms with E-state index < -0.39 is 5.76 Å². The van der Waals surface area contributed by atoms with Gasteiger partial charge in [-0.25, -0.2) is 0 Å². The number of aromatic nitrogens is 2. The first-order chi connectivity index (χ1) is 14.5. The second kappa shape index (κ2) is 9.49. The number of aryl methyl sites for hydroxylation is 1. The van der Waals surface area contributed by atoms with Gasteiger partial charge in [0.2, 0.25) is 5.91 Å². The van der Waals surface area contributed by atoms with Crippen LogP contribution >= 0.6 is 34.9 Å². The van der Waals surface area contributed by atoms with Crippen molar-refractivity contribution in [2.24, 2.45) is 5.92 Å². The predicted octanol–water partition coefficient (Wildman–Crippen LogP) is 5.97. The Morgan fingerprint density at radius 1 is 1.37 bits per heavy atom. The maximum Gasteiger partial charge on any atom is 0.288 e. The van der Waals surface area contributed by atoms with E-state index in [0.29, 0.717) is 39.4 Å². The highest BCUT2D eigenvalue weighted by atomic mass is 32.2. The number of carbonyl (C=O) groups is 1. The Kier molecular flexibility index (Phi) is 6.74. The van der Waals surface area contributed by atoms with E-state index in [2.05, 4.69) is 28.5 Å². The van der Waals surface area contributed by atoms with Crippen molar-refractivity contribution in [3.8, 4) is 10.8 Å². The summed E-state index contributed by atoms with van der Waals surface area (Å²) in [5.74, 6) is -1.70. The van der Waals surface area contributed by atoms with Gasteiger partial charge in [-0.2, -0.15) is 8.78 Å². The van der Waals surface area contributed by atoms with Gasteiger partial charge in [-0.15, -0.1) is 21.5 Å². The molecular weight excluding hydrogens is 448 g/mol. The van der Waals surface area contributed by atoms with Crippen molar-refractivity contribution in [3.63, 3.8) is 0 Å². The monoisotopic (exact) mass is 467 g/mol. The second-order valence-corrected chi connectivity index (χ2v) is 10.1. The van der Waals surface area contributed by atoms with Gasteiger partial charge in [0.05, 0.1) is 16.3 Å². The summed E-state index contributed by atoms with van der Waals surface area (Å²) in [5, 5.41) is 11.1. The number of thiophene rings is 1. The minimum Gasteiger partial charge on any atom is -0.410 e. The third kappa shape index (κ3) is 5.22. The number of alkyl halides is 2. The number of rotatable bonds is 7. The zero-order valence-electron chi connectivity index (χ0n) is 16.1. The van der Waals surface area contributed by atoms with Crippen molar-refractivity contribution in [2.75, 3.05) is 11.1 Å². The summed E-state index contributed by atoms with van der Waals surface area (Å²) in [4.78, 5) is 14.9. The molecule has 1 aliphatic carbocycles. The first-order valence-electron chi connectivity index (χ1n) is 9.40. The fourth-order valence-corrected chi connectivity index (χ4v) is 5.55. The van der Waals surface area contributed by atoms with Crippen LogP contribution in [0, 0.1) is 5.92 Å². The normalized spacial score (nSPS) is 15.9. The largest absolute Gasteiger partial charge is 0.410 e. The number of carbonyl (C=O) groups excluding carboxylic acids is 1. The van der Waals surface area contributed by atoms with E-state index in [4.69, 9.17) is 4.42 Å². The van der Waals surface area contributed by atoms with E-state index in [1.165, 1.54) is 16.9 Å². The Hall–Kier alpha value is -1.91. The van der Waals surface area contributed by atoms with Crippen molar-refractivity contribution >= 4 is 46.5 Å². The number of hydrogen-bond acceptors (Lipinski definition) is 7. The third-order valence-corrected chi connectivity index (χ3v) is 7.48. The highest BCUT2D eigenvalue weighted by Gasteiger charge is 2.21. The van der Waals surface area contributed by atoms with E-state index >= 15 is 0 Å². The number of halogens is 2. The van der Waals surface area contributed by atoms with Crippen molar-refractivity contribution in [1.29, 1.82) is 0 Å². The molecule has 1 N–H and O–H groups in total. The predicted molar refractivity (Wildman–Crippen MR) is 116 cm³/mol. The molecule has 1 atom stereocenters. The smallest absolute Gasteiger partial charge is 0.288 e. The lowest BCUT2D eigenvalue weighted by Gasteiger charge is -2.16. The molecule has 1 amide bonds. The molecule has 5 nitrogen and oxygen atoms in total. The van der Waals surface area contributed by atoms with Crippen LogP contribution in [0.3, 0.4) is 0 Å². The van der Waals surface area contributed by atoms with Crippen molar-refractivity contribution < 1.29 is 18.0 Å². The Balaban J connectivity index is 1.35. The molecule has 10 heteroatoms. The van der Waals surface area contributed by atoms with Crippen molar-refractivity contribution in [2.45, 2.75) is 42.1 Å². The quantitative estimate of drug-likeness (QED) is 0.432. The molecule has 4 rings (SSSR count). The maximum absolute atomic E-state index is 12.7. The SMILES string of the molecule is CC1CCc2sc(-c3nnc(SCC(=O)Nc4ccccc4SC(F)F)o3)cc2C1. The molecule has 0 aliphatic heterocycles. The average molecular weight is 468 g/mol. The summed E-state index contributed by atoms with van der Waals surface area (Å²) in [6, 6.07) is 8.60. The van der Waals surface area contributed by atoms with Crippen LogP contribution in [0.1, 0.15) is 23.8 Å². The van der Waals surface area contributed by atoms with Gasteiger partial charge in [-0.1, -0.05) is 42.6 Å². The third-order valence-electron chi connectivity index (χ3n) is 4.65. The average Bonchev–Trinajstić information content (AvgIpc) is 3.34. The minimum atomic E-state index is -2.56. The fraction of sp³-hybridized carbons (Fsp3) is 0.350. The van der Waals surface area contributed by atoms with Crippen LogP contribution in [0.4, 0.5) is 14.5 Å². The highest BCUT2D eigenvalue weighted by Crippen LogP contribution is 2.37. The topological polar surface area (TPSA) is 68.0 Å². The Bertz CT molecular complexity index is 1040. The van der Waals surface area contributed by atoms with E-state index in [-0.39, 0.29) is 11.7 Å². The number of benzene rings is 1. The van der Waals surface area contributed by atoms with Gasteiger partial charge in [-0.3, -0.25) is 4.79 Å². The Morgan fingerprint density at radius 3 is 3.03 bits per heavy atom.